The fourth-order valence-electron chi connectivity index (χ4n) is 2.44. The highest BCUT2D eigenvalue weighted by Gasteiger charge is 2.15. The molecule has 0 saturated heterocycles. The number of carbonyl (C=O) groups excluding carboxylic acids is 1. The first-order chi connectivity index (χ1) is 11.0. The Morgan fingerprint density at radius 1 is 1.35 bits per heavy atom. The van der Waals surface area contributed by atoms with Crippen molar-refractivity contribution in [2.24, 2.45) is 7.05 Å². The molecular formula is C17H19N3O3. The number of hydrogen-bond acceptors (Lipinski definition) is 4. The lowest BCUT2D eigenvalue weighted by atomic mass is 10.2. The number of anilines is 1. The molecule has 0 aliphatic rings. The van der Waals surface area contributed by atoms with Crippen molar-refractivity contribution in [2.75, 3.05) is 5.32 Å². The van der Waals surface area contributed by atoms with Crippen molar-refractivity contribution in [3.63, 3.8) is 0 Å². The number of amides is 1. The summed E-state index contributed by atoms with van der Waals surface area (Å²) in [4.78, 5) is 12.3. The standard InChI is InChI=1S/C17H19N3O3/c1-10(2)23-17-14-9-12(5-6-15(14)20(4)19-17)18-16(21)13-7-8-22-11(13)3/h5-10H,1-4H3,(H,18,21). The Labute approximate surface area is 134 Å². The van der Waals surface area contributed by atoms with Gasteiger partial charge in [0.15, 0.2) is 0 Å². The van der Waals surface area contributed by atoms with Crippen LogP contribution in [0.5, 0.6) is 5.88 Å². The average molecular weight is 313 g/mol. The zero-order valence-corrected chi connectivity index (χ0v) is 13.6. The third-order valence-corrected chi connectivity index (χ3v) is 3.53. The van der Waals surface area contributed by atoms with E-state index >= 15 is 0 Å². The predicted octanol–water partition coefficient (Wildman–Crippen LogP) is 3.51. The first-order valence-corrected chi connectivity index (χ1v) is 7.44. The van der Waals surface area contributed by atoms with E-state index in [1.807, 2.05) is 39.1 Å². The molecule has 0 aliphatic carbocycles. The zero-order chi connectivity index (χ0) is 16.6. The molecular weight excluding hydrogens is 294 g/mol. The Morgan fingerprint density at radius 2 is 2.13 bits per heavy atom. The topological polar surface area (TPSA) is 69.3 Å². The number of nitrogens with one attached hydrogen (secondary N) is 1. The van der Waals surface area contributed by atoms with E-state index in [1.54, 1.807) is 17.7 Å². The van der Waals surface area contributed by atoms with E-state index in [2.05, 4.69) is 10.4 Å². The van der Waals surface area contributed by atoms with Gasteiger partial charge in [0.2, 0.25) is 5.88 Å². The Kier molecular flexibility index (Phi) is 3.82. The molecule has 0 unspecified atom stereocenters. The molecule has 0 radical (unpaired) electrons. The van der Waals surface area contributed by atoms with Gasteiger partial charge in [0.05, 0.1) is 28.8 Å². The van der Waals surface area contributed by atoms with E-state index in [0.29, 0.717) is 22.9 Å². The zero-order valence-electron chi connectivity index (χ0n) is 13.6. The Bertz CT molecular complexity index is 861. The monoisotopic (exact) mass is 313 g/mol. The second-order valence-electron chi connectivity index (χ2n) is 5.67. The van der Waals surface area contributed by atoms with Crippen molar-refractivity contribution >= 4 is 22.5 Å². The van der Waals surface area contributed by atoms with Gasteiger partial charge in [0.25, 0.3) is 5.91 Å². The van der Waals surface area contributed by atoms with Gasteiger partial charge in [0, 0.05) is 12.7 Å². The lowest BCUT2D eigenvalue weighted by Crippen LogP contribution is -2.12. The van der Waals surface area contributed by atoms with Crippen LogP contribution in [0.1, 0.15) is 30.0 Å². The molecule has 1 aromatic carbocycles. The maximum atomic E-state index is 12.3. The molecule has 1 N–H and O–H groups in total. The summed E-state index contributed by atoms with van der Waals surface area (Å²) in [6.07, 6.45) is 1.53. The summed E-state index contributed by atoms with van der Waals surface area (Å²) in [7, 11) is 1.86. The molecule has 0 aliphatic heterocycles. The maximum absolute atomic E-state index is 12.3. The molecule has 2 aromatic heterocycles. The highest BCUT2D eigenvalue weighted by molar-refractivity contribution is 6.05. The summed E-state index contributed by atoms with van der Waals surface area (Å²) in [6, 6.07) is 7.28. The van der Waals surface area contributed by atoms with E-state index in [-0.39, 0.29) is 12.0 Å². The minimum Gasteiger partial charge on any atom is -0.473 e. The molecule has 3 aromatic rings. The molecule has 120 valence electrons. The molecule has 0 spiro atoms. The minimum absolute atomic E-state index is 0.0277. The minimum atomic E-state index is -0.203. The lowest BCUT2D eigenvalue weighted by Gasteiger charge is -2.07. The number of ether oxygens (including phenoxy) is 1. The van der Waals surface area contributed by atoms with Gasteiger partial charge in [-0.2, -0.15) is 0 Å². The van der Waals surface area contributed by atoms with E-state index in [0.717, 1.165) is 10.9 Å². The average Bonchev–Trinajstić information content (AvgIpc) is 3.03. The molecule has 2 heterocycles. The van der Waals surface area contributed by atoms with Gasteiger partial charge >= 0.3 is 0 Å². The Morgan fingerprint density at radius 3 is 2.78 bits per heavy atom. The van der Waals surface area contributed by atoms with Crippen molar-refractivity contribution in [1.82, 2.24) is 9.78 Å². The van der Waals surface area contributed by atoms with Crippen LogP contribution in [-0.2, 0) is 7.05 Å². The fourth-order valence-corrected chi connectivity index (χ4v) is 2.44. The van der Waals surface area contributed by atoms with Crippen LogP contribution < -0.4 is 10.1 Å². The summed E-state index contributed by atoms with van der Waals surface area (Å²) in [5.74, 6) is 0.952. The number of aryl methyl sites for hydroxylation is 2. The number of hydrogen-bond donors (Lipinski definition) is 1. The fraction of sp³-hybridized carbons (Fsp3) is 0.294. The third kappa shape index (κ3) is 2.92. The molecule has 0 saturated carbocycles. The normalized spacial score (nSPS) is 11.2. The van der Waals surface area contributed by atoms with Crippen molar-refractivity contribution in [1.29, 1.82) is 0 Å². The van der Waals surface area contributed by atoms with E-state index in [4.69, 9.17) is 9.15 Å². The molecule has 0 atom stereocenters. The van der Waals surface area contributed by atoms with E-state index in [1.165, 1.54) is 6.26 Å². The number of fused-ring (bicyclic) bond motifs is 1. The second kappa shape index (κ2) is 5.79. The second-order valence-corrected chi connectivity index (χ2v) is 5.67. The van der Waals surface area contributed by atoms with Gasteiger partial charge in [-0.05, 0) is 45.0 Å². The first kappa shape index (κ1) is 15.1. The van der Waals surface area contributed by atoms with Crippen LogP contribution >= 0.6 is 0 Å². The molecule has 23 heavy (non-hydrogen) atoms. The number of aromatic nitrogens is 2. The van der Waals surface area contributed by atoms with Gasteiger partial charge in [-0.3, -0.25) is 9.48 Å². The Balaban J connectivity index is 1.93. The summed E-state index contributed by atoms with van der Waals surface area (Å²) < 4.78 is 12.7. The molecule has 6 nitrogen and oxygen atoms in total. The number of benzene rings is 1. The summed E-state index contributed by atoms with van der Waals surface area (Å²) in [5, 5.41) is 8.12. The number of carbonyl (C=O) groups is 1. The largest absolute Gasteiger partial charge is 0.473 e. The summed E-state index contributed by atoms with van der Waals surface area (Å²) in [6.45, 7) is 5.66. The molecule has 6 heteroatoms. The van der Waals surface area contributed by atoms with E-state index < -0.39 is 0 Å². The quantitative estimate of drug-likeness (QED) is 0.800. The van der Waals surface area contributed by atoms with Crippen molar-refractivity contribution in [3.05, 3.63) is 41.9 Å². The highest BCUT2D eigenvalue weighted by Crippen LogP contribution is 2.28. The lowest BCUT2D eigenvalue weighted by molar-refractivity contribution is 0.102. The van der Waals surface area contributed by atoms with Crippen molar-refractivity contribution in [3.8, 4) is 5.88 Å². The number of rotatable bonds is 4. The van der Waals surface area contributed by atoms with Gasteiger partial charge in [-0.1, -0.05) is 0 Å². The van der Waals surface area contributed by atoms with Gasteiger partial charge < -0.3 is 14.5 Å². The van der Waals surface area contributed by atoms with Crippen LogP contribution in [0.15, 0.2) is 34.9 Å². The number of furan rings is 1. The third-order valence-electron chi connectivity index (χ3n) is 3.53. The van der Waals surface area contributed by atoms with Crippen molar-refractivity contribution < 1.29 is 13.9 Å². The van der Waals surface area contributed by atoms with Crippen LogP contribution in [0, 0.1) is 6.92 Å². The van der Waals surface area contributed by atoms with Crippen LogP contribution in [0.4, 0.5) is 5.69 Å². The molecule has 1 amide bonds. The summed E-state index contributed by atoms with van der Waals surface area (Å²) >= 11 is 0. The summed E-state index contributed by atoms with van der Waals surface area (Å²) in [5.41, 5.74) is 2.15. The SMILES string of the molecule is Cc1occc1C(=O)Nc1ccc2c(c1)c(OC(C)C)nn2C. The van der Waals surface area contributed by atoms with Gasteiger partial charge in [0.1, 0.15) is 5.76 Å². The molecule has 0 fully saturated rings. The predicted molar refractivity (Wildman–Crippen MR) is 87.9 cm³/mol. The maximum Gasteiger partial charge on any atom is 0.259 e. The van der Waals surface area contributed by atoms with Crippen LogP contribution in [0.3, 0.4) is 0 Å². The van der Waals surface area contributed by atoms with Crippen molar-refractivity contribution in [2.45, 2.75) is 26.9 Å². The van der Waals surface area contributed by atoms with E-state index in [9.17, 15) is 4.79 Å². The molecule has 3 rings (SSSR count). The number of nitrogens with zero attached hydrogens (tertiary/aromatic N) is 2. The Hall–Kier alpha value is -2.76. The van der Waals surface area contributed by atoms with Crippen LogP contribution in [-0.4, -0.2) is 21.8 Å². The highest BCUT2D eigenvalue weighted by atomic mass is 16.5. The van der Waals surface area contributed by atoms with Gasteiger partial charge in [-0.15, -0.1) is 5.10 Å². The van der Waals surface area contributed by atoms with Crippen LogP contribution in [0.25, 0.3) is 10.9 Å². The smallest absolute Gasteiger partial charge is 0.259 e. The van der Waals surface area contributed by atoms with Gasteiger partial charge in [-0.25, -0.2) is 0 Å². The first-order valence-electron chi connectivity index (χ1n) is 7.44. The van der Waals surface area contributed by atoms with Crippen LogP contribution in [0.2, 0.25) is 0 Å². The molecule has 0 bridgehead atoms.